The van der Waals surface area contributed by atoms with Crippen LogP contribution < -0.4 is 0 Å². The molecule has 1 saturated heterocycles. The minimum absolute atomic E-state index is 0.310. The van der Waals surface area contributed by atoms with E-state index in [9.17, 15) is 19.4 Å². The first kappa shape index (κ1) is 19.0. The van der Waals surface area contributed by atoms with Crippen LogP contribution in [0.1, 0.15) is 25.3 Å². The standard InChI is InChI=1S/C17H21BN2O5/c1-12(21)25-15-8-5-9-20(15)17(23)16(22)14(19-11-18-24)10-13-6-3-2-4-7-13/h2-4,6-7,11,14-16,22H,5,8-10H2,1H3/t14-,15+,16?/m0/s1. The van der Waals surface area contributed by atoms with Gasteiger partial charge in [0.15, 0.2) is 0 Å². The number of aliphatic imine (C=N–C) groups is 1. The fourth-order valence-corrected chi connectivity index (χ4v) is 2.88. The van der Waals surface area contributed by atoms with E-state index in [1.54, 1.807) is 0 Å². The van der Waals surface area contributed by atoms with Gasteiger partial charge in [0.05, 0.1) is 0 Å². The molecule has 1 aliphatic heterocycles. The van der Waals surface area contributed by atoms with Gasteiger partial charge in [-0.3, -0.25) is 0 Å². The number of benzene rings is 1. The number of hydrogen-bond donors (Lipinski definition) is 1. The molecule has 1 aliphatic rings. The van der Waals surface area contributed by atoms with Gasteiger partial charge in [-0.1, -0.05) is 0 Å². The number of amides is 1. The average Bonchev–Trinajstić information content (AvgIpc) is 3.05. The monoisotopic (exact) mass is 344 g/mol. The second kappa shape index (κ2) is 9.22. The van der Waals surface area contributed by atoms with E-state index in [1.165, 1.54) is 11.8 Å². The van der Waals surface area contributed by atoms with Crippen LogP contribution in [0, 0.1) is 0 Å². The predicted molar refractivity (Wildman–Crippen MR) is 91.4 cm³/mol. The maximum absolute atomic E-state index is 12.7. The zero-order valence-corrected chi connectivity index (χ0v) is 14.1. The summed E-state index contributed by atoms with van der Waals surface area (Å²) < 4.78 is 15.7. The Morgan fingerprint density at radius 3 is 2.80 bits per heavy atom. The third-order valence-corrected chi connectivity index (χ3v) is 4.03. The summed E-state index contributed by atoms with van der Waals surface area (Å²) in [5, 5.41) is 10.5. The number of likely N-dealkylation sites (tertiary alicyclic amines) is 1. The first-order valence-electron chi connectivity index (χ1n) is 8.19. The van der Waals surface area contributed by atoms with E-state index in [0.29, 0.717) is 33.0 Å². The molecule has 1 aromatic carbocycles. The molecule has 0 aliphatic carbocycles. The second-order valence-corrected chi connectivity index (χ2v) is 5.87. The Balaban J connectivity index is 2.12. The Kier molecular flexibility index (Phi) is 7.00. The Labute approximate surface area is 146 Å². The van der Waals surface area contributed by atoms with Crippen LogP contribution in [0.3, 0.4) is 0 Å². The predicted octanol–water partition coefficient (Wildman–Crippen LogP) is 0.548. The fraction of sp³-hybridized carbons (Fsp3) is 0.471. The third kappa shape index (κ3) is 5.32. The normalized spacial score (nSPS) is 19.4. The molecule has 3 atom stereocenters. The molecule has 7 nitrogen and oxygen atoms in total. The van der Waals surface area contributed by atoms with Crippen LogP contribution >= 0.6 is 0 Å². The summed E-state index contributed by atoms with van der Waals surface area (Å²) in [5.41, 5.74) is 0.889. The molecule has 0 radical (unpaired) electrons. The van der Waals surface area contributed by atoms with E-state index < -0.39 is 30.3 Å². The van der Waals surface area contributed by atoms with Crippen LogP contribution in [0.15, 0.2) is 35.3 Å². The summed E-state index contributed by atoms with van der Waals surface area (Å²) >= 11 is 0. The fourth-order valence-electron chi connectivity index (χ4n) is 2.88. The average molecular weight is 344 g/mol. The van der Waals surface area contributed by atoms with E-state index in [0.717, 1.165) is 11.7 Å². The first-order valence-corrected chi connectivity index (χ1v) is 8.19. The van der Waals surface area contributed by atoms with Gasteiger partial charge in [0.1, 0.15) is 0 Å². The molecule has 1 unspecified atom stereocenters. The van der Waals surface area contributed by atoms with Crippen LogP contribution in [0.5, 0.6) is 0 Å². The summed E-state index contributed by atoms with van der Waals surface area (Å²) in [4.78, 5) is 29.2. The quantitative estimate of drug-likeness (QED) is 0.443. The topological polar surface area (TPSA) is 96.3 Å². The van der Waals surface area contributed by atoms with Gasteiger partial charge in [-0.2, -0.15) is 0 Å². The molecule has 132 valence electrons. The Morgan fingerprint density at radius 1 is 1.44 bits per heavy atom. The molecule has 1 aromatic rings. The summed E-state index contributed by atoms with van der Waals surface area (Å²) in [7, 11) is 0.507. The van der Waals surface area contributed by atoms with Crippen molar-refractivity contribution in [3.05, 3.63) is 35.9 Å². The molecule has 1 amide bonds. The van der Waals surface area contributed by atoms with Gasteiger partial charge in [-0.25, -0.2) is 0 Å². The molecule has 1 N–H and O–H groups in total. The van der Waals surface area contributed by atoms with Gasteiger partial charge >= 0.3 is 146 Å². The number of nitrogens with zero attached hydrogens (tertiary/aromatic N) is 2. The van der Waals surface area contributed by atoms with E-state index in [-0.39, 0.29) is 0 Å². The van der Waals surface area contributed by atoms with Crippen molar-refractivity contribution in [1.82, 2.24) is 4.90 Å². The van der Waals surface area contributed by atoms with Gasteiger partial charge in [-0.05, 0) is 0 Å². The number of esters is 1. The zero-order valence-electron chi connectivity index (χ0n) is 14.1. The van der Waals surface area contributed by atoms with Gasteiger partial charge in [0.25, 0.3) is 0 Å². The Hall–Kier alpha value is -2.35. The van der Waals surface area contributed by atoms with Crippen LogP contribution in [0.2, 0.25) is 0 Å². The summed E-state index contributed by atoms with van der Waals surface area (Å²) in [6, 6.07) is 8.49. The molecule has 8 heteroatoms. The first-order chi connectivity index (χ1) is 12.0. The van der Waals surface area contributed by atoms with Crippen molar-refractivity contribution in [3.8, 4) is 0 Å². The maximum atomic E-state index is 12.7. The van der Waals surface area contributed by atoms with E-state index >= 15 is 0 Å². The van der Waals surface area contributed by atoms with E-state index in [2.05, 4.69) is 4.99 Å². The number of aliphatic hydroxyl groups is 1. The summed E-state index contributed by atoms with van der Waals surface area (Å²) in [6.45, 7) is 1.69. The SMILES string of the molecule is CC(=O)O[C@@H]1CCCN1C(=O)C(O)[C@H](Cc1ccccc1)N=CB=O. The van der Waals surface area contributed by atoms with Crippen molar-refractivity contribution >= 4 is 25.1 Å². The number of aliphatic hydroxyl groups excluding tert-OH is 1. The number of hydrogen-bond acceptors (Lipinski definition) is 6. The molecule has 2 rings (SSSR count). The third-order valence-electron chi connectivity index (χ3n) is 4.03. The number of rotatable bonds is 7. The van der Waals surface area contributed by atoms with Gasteiger partial charge in [0.2, 0.25) is 0 Å². The zero-order chi connectivity index (χ0) is 18.2. The van der Waals surface area contributed by atoms with Crippen LogP contribution in [-0.2, 0) is 25.5 Å². The van der Waals surface area contributed by atoms with Crippen molar-refractivity contribution in [2.24, 2.45) is 4.99 Å². The molecule has 0 saturated carbocycles. The molecular formula is C17H21BN2O5. The van der Waals surface area contributed by atoms with E-state index in [1.807, 2.05) is 30.3 Å². The van der Waals surface area contributed by atoms with E-state index in [4.69, 9.17) is 4.74 Å². The number of ether oxygens (including phenoxy) is 1. The summed E-state index contributed by atoms with van der Waals surface area (Å²) in [6.07, 6.45) is 0.498. The van der Waals surface area contributed by atoms with Gasteiger partial charge in [-0.15, -0.1) is 0 Å². The molecular weight excluding hydrogens is 323 g/mol. The van der Waals surface area contributed by atoms with Crippen molar-refractivity contribution in [3.63, 3.8) is 0 Å². The van der Waals surface area contributed by atoms with Crippen molar-refractivity contribution in [2.75, 3.05) is 6.54 Å². The van der Waals surface area contributed by atoms with Crippen molar-refractivity contribution in [2.45, 2.75) is 44.6 Å². The molecule has 0 bridgehead atoms. The molecule has 1 fully saturated rings. The van der Waals surface area contributed by atoms with Crippen LogP contribution in [0.25, 0.3) is 0 Å². The van der Waals surface area contributed by atoms with Crippen molar-refractivity contribution in [1.29, 1.82) is 0 Å². The van der Waals surface area contributed by atoms with Gasteiger partial charge < -0.3 is 0 Å². The minimum atomic E-state index is -1.42. The van der Waals surface area contributed by atoms with Gasteiger partial charge in [0, 0.05) is 0 Å². The Morgan fingerprint density at radius 2 is 2.16 bits per heavy atom. The Bertz CT molecular complexity index is 637. The van der Waals surface area contributed by atoms with Crippen molar-refractivity contribution < 1.29 is 24.1 Å². The number of carbonyl (C=O) groups excluding carboxylic acids is 2. The molecule has 0 spiro atoms. The summed E-state index contributed by atoms with van der Waals surface area (Å²) in [5.74, 6) is -1.02. The van der Waals surface area contributed by atoms with Crippen LogP contribution in [0.4, 0.5) is 0 Å². The molecule has 1 heterocycles. The van der Waals surface area contributed by atoms with Crippen LogP contribution in [-0.4, -0.2) is 60.1 Å². The number of carbonyl (C=O) groups is 2. The second-order valence-electron chi connectivity index (χ2n) is 5.87. The molecule has 25 heavy (non-hydrogen) atoms. The molecule has 0 aromatic heterocycles.